The molecule has 0 N–H and O–H groups in total. The van der Waals surface area contributed by atoms with Crippen LogP contribution < -0.4 is 4.90 Å². The number of rotatable bonds is 2. The summed E-state index contributed by atoms with van der Waals surface area (Å²) in [5.41, 5.74) is 1.27. The molecule has 1 aliphatic rings. The molecule has 1 fully saturated rings. The molecule has 2 heterocycles. The molecule has 1 unspecified atom stereocenters. The van der Waals surface area contributed by atoms with E-state index in [1.165, 1.54) is 4.90 Å². The Kier molecular flexibility index (Phi) is 3.66. The molecule has 98 valence electrons. The van der Waals surface area contributed by atoms with Gasteiger partial charge in [0.1, 0.15) is 5.25 Å². The zero-order chi connectivity index (χ0) is 13.5. The van der Waals surface area contributed by atoms with Gasteiger partial charge in [0, 0.05) is 34.3 Å². The van der Waals surface area contributed by atoms with Gasteiger partial charge in [-0.3, -0.25) is 9.78 Å². The summed E-state index contributed by atoms with van der Waals surface area (Å²) >= 11 is 3.27. The Bertz CT molecular complexity index is 605. The Balaban J connectivity index is 2.35. The van der Waals surface area contributed by atoms with Crippen molar-refractivity contribution in [3.05, 3.63) is 22.4 Å². The number of hydrogen-bond acceptors (Lipinski definition) is 4. The first-order chi connectivity index (χ1) is 8.29. The molecule has 0 aromatic carbocycles. The van der Waals surface area contributed by atoms with Crippen LogP contribution in [0.15, 0.2) is 16.7 Å². The summed E-state index contributed by atoms with van der Waals surface area (Å²) in [4.78, 5) is 17.4. The molecule has 1 atom stereocenters. The molecule has 0 radical (unpaired) electrons. The molecule has 1 saturated heterocycles. The molecule has 0 aliphatic carbocycles. The Labute approximate surface area is 118 Å². The minimum absolute atomic E-state index is 0.0731. The summed E-state index contributed by atoms with van der Waals surface area (Å²) in [6, 6.07) is 1.74. The van der Waals surface area contributed by atoms with E-state index in [4.69, 9.17) is 10.7 Å². The van der Waals surface area contributed by atoms with Gasteiger partial charge in [0.15, 0.2) is 0 Å². The van der Waals surface area contributed by atoms with Gasteiger partial charge in [0.05, 0.1) is 11.4 Å². The standard InChI is InChI=1S/C10H10BrClN2O3S/c1-6-9(2-7(11)4-13-6)14-5-8(3-10(14)15)18(12,16)17/h2,4,8H,3,5H2,1H3. The van der Waals surface area contributed by atoms with Crippen molar-refractivity contribution in [2.24, 2.45) is 0 Å². The van der Waals surface area contributed by atoms with Gasteiger partial charge in [-0.2, -0.15) is 0 Å². The normalized spacial score (nSPS) is 20.5. The van der Waals surface area contributed by atoms with Crippen LogP contribution in [-0.4, -0.2) is 31.1 Å². The first-order valence-electron chi connectivity index (χ1n) is 5.15. The topological polar surface area (TPSA) is 67.3 Å². The average Bonchev–Trinajstić information content (AvgIpc) is 2.64. The number of carbonyl (C=O) groups is 1. The Hall–Kier alpha value is -0.660. The molecule has 2 rings (SSSR count). The fourth-order valence-corrected chi connectivity index (χ4v) is 3.21. The van der Waals surface area contributed by atoms with Gasteiger partial charge in [-0.15, -0.1) is 0 Å². The van der Waals surface area contributed by atoms with Crippen LogP contribution in [0.4, 0.5) is 5.69 Å². The highest BCUT2D eigenvalue weighted by atomic mass is 79.9. The number of carbonyl (C=O) groups excluding carboxylic acids is 1. The minimum Gasteiger partial charge on any atom is -0.309 e. The van der Waals surface area contributed by atoms with Crippen LogP contribution in [0.25, 0.3) is 0 Å². The molecule has 5 nitrogen and oxygen atoms in total. The van der Waals surface area contributed by atoms with E-state index in [9.17, 15) is 13.2 Å². The lowest BCUT2D eigenvalue weighted by Gasteiger charge is -2.18. The Morgan fingerprint density at radius 2 is 2.22 bits per heavy atom. The smallest absolute Gasteiger partial charge is 0.237 e. The van der Waals surface area contributed by atoms with Crippen molar-refractivity contribution in [2.75, 3.05) is 11.4 Å². The van der Waals surface area contributed by atoms with Gasteiger partial charge in [-0.25, -0.2) is 8.42 Å². The van der Waals surface area contributed by atoms with Crippen molar-refractivity contribution in [1.29, 1.82) is 0 Å². The largest absolute Gasteiger partial charge is 0.309 e. The lowest BCUT2D eigenvalue weighted by Crippen LogP contribution is -2.27. The zero-order valence-corrected chi connectivity index (χ0v) is 12.6. The second-order valence-corrected chi connectivity index (χ2v) is 7.89. The number of hydrogen-bond donors (Lipinski definition) is 0. The number of aryl methyl sites for hydroxylation is 1. The van der Waals surface area contributed by atoms with Crippen LogP contribution in [0.5, 0.6) is 0 Å². The van der Waals surface area contributed by atoms with Crippen molar-refractivity contribution in [1.82, 2.24) is 4.98 Å². The van der Waals surface area contributed by atoms with E-state index in [-0.39, 0.29) is 18.9 Å². The number of amides is 1. The molecule has 8 heteroatoms. The molecular formula is C10H10BrClN2O3S. The molecular weight excluding hydrogens is 344 g/mol. The third kappa shape index (κ3) is 2.67. The predicted molar refractivity (Wildman–Crippen MR) is 72.2 cm³/mol. The van der Waals surface area contributed by atoms with Gasteiger partial charge in [0.2, 0.25) is 15.0 Å². The van der Waals surface area contributed by atoms with E-state index >= 15 is 0 Å². The lowest BCUT2D eigenvalue weighted by molar-refractivity contribution is -0.117. The fourth-order valence-electron chi connectivity index (χ4n) is 1.87. The van der Waals surface area contributed by atoms with Gasteiger partial charge in [-0.05, 0) is 28.9 Å². The summed E-state index contributed by atoms with van der Waals surface area (Å²) in [7, 11) is 1.58. The van der Waals surface area contributed by atoms with Gasteiger partial charge >= 0.3 is 0 Å². The number of pyridine rings is 1. The van der Waals surface area contributed by atoms with Crippen molar-refractivity contribution in [2.45, 2.75) is 18.6 Å². The van der Waals surface area contributed by atoms with Crippen LogP contribution in [0.2, 0.25) is 0 Å². The van der Waals surface area contributed by atoms with Crippen LogP contribution >= 0.6 is 26.6 Å². The maximum absolute atomic E-state index is 11.9. The first kappa shape index (κ1) is 13.8. The SMILES string of the molecule is Cc1ncc(Br)cc1N1CC(S(=O)(=O)Cl)CC1=O. The third-order valence-corrected chi connectivity index (χ3v) is 5.11. The molecule has 1 aliphatic heterocycles. The van der Waals surface area contributed by atoms with Crippen molar-refractivity contribution >= 4 is 47.3 Å². The summed E-state index contributed by atoms with van der Waals surface area (Å²) in [6.45, 7) is 1.83. The first-order valence-corrected chi connectivity index (χ1v) is 8.31. The lowest BCUT2D eigenvalue weighted by atomic mass is 10.3. The van der Waals surface area contributed by atoms with E-state index in [2.05, 4.69) is 20.9 Å². The van der Waals surface area contributed by atoms with E-state index in [0.717, 1.165) is 4.47 Å². The highest BCUT2D eigenvalue weighted by Gasteiger charge is 2.38. The van der Waals surface area contributed by atoms with Crippen molar-refractivity contribution in [3.63, 3.8) is 0 Å². The highest BCUT2D eigenvalue weighted by Crippen LogP contribution is 2.29. The molecule has 1 amide bonds. The van der Waals surface area contributed by atoms with Crippen molar-refractivity contribution < 1.29 is 13.2 Å². The monoisotopic (exact) mass is 352 g/mol. The van der Waals surface area contributed by atoms with E-state index < -0.39 is 14.3 Å². The molecule has 1 aromatic rings. The summed E-state index contributed by atoms with van der Waals surface area (Å²) in [6.07, 6.45) is 1.53. The van der Waals surface area contributed by atoms with E-state index in [1.54, 1.807) is 19.2 Å². The minimum atomic E-state index is -3.72. The maximum atomic E-state index is 11.9. The second kappa shape index (κ2) is 4.79. The fraction of sp³-hybridized carbons (Fsp3) is 0.400. The van der Waals surface area contributed by atoms with Crippen molar-refractivity contribution in [3.8, 4) is 0 Å². The van der Waals surface area contributed by atoms with Gasteiger partial charge < -0.3 is 4.90 Å². The highest BCUT2D eigenvalue weighted by molar-refractivity contribution is 9.10. The van der Waals surface area contributed by atoms with Crippen LogP contribution in [0.3, 0.4) is 0 Å². The van der Waals surface area contributed by atoms with Crippen LogP contribution in [0, 0.1) is 6.92 Å². The van der Waals surface area contributed by atoms with E-state index in [0.29, 0.717) is 11.4 Å². The average molecular weight is 354 g/mol. The molecule has 1 aromatic heterocycles. The summed E-state index contributed by atoms with van der Waals surface area (Å²) in [5, 5.41) is -0.856. The zero-order valence-electron chi connectivity index (χ0n) is 9.43. The molecule has 0 bridgehead atoms. The van der Waals surface area contributed by atoms with Crippen LogP contribution in [-0.2, 0) is 13.8 Å². The van der Waals surface area contributed by atoms with E-state index in [1.807, 2.05) is 0 Å². The summed E-state index contributed by atoms with van der Waals surface area (Å²) in [5.74, 6) is -0.257. The number of nitrogens with zero attached hydrogens (tertiary/aromatic N) is 2. The molecule has 0 spiro atoms. The number of aromatic nitrogens is 1. The number of anilines is 1. The Morgan fingerprint density at radius 3 is 2.78 bits per heavy atom. The summed E-state index contributed by atoms with van der Waals surface area (Å²) < 4.78 is 23.3. The Morgan fingerprint density at radius 1 is 1.56 bits per heavy atom. The number of halogens is 2. The second-order valence-electron chi connectivity index (χ2n) is 4.06. The predicted octanol–water partition coefficient (Wildman–Crippen LogP) is 1.83. The molecule has 18 heavy (non-hydrogen) atoms. The van der Waals surface area contributed by atoms with Gasteiger partial charge in [0.25, 0.3) is 0 Å². The third-order valence-electron chi connectivity index (χ3n) is 2.81. The van der Waals surface area contributed by atoms with Crippen LogP contribution in [0.1, 0.15) is 12.1 Å². The van der Waals surface area contributed by atoms with Gasteiger partial charge in [-0.1, -0.05) is 0 Å². The maximum Gasteiger partial charge on any atom is 0.237 e. The quantitative estimate of drug-likeness (QED) is 0.761. The molecule has 0 saturated carbocycles.